The standard InChI is InChI=1S/C23H31N5O6/c24-15(12-14-6-2-1-3-7-14)21(31)28-11-5-9-18(28)22(32)27-10-4-8-17(27)20(30)26-16(23(33)34)13-19(25)29/h1-3,6-7,15-18H,4-5,8-13,24H2,(H2,25,29)(H,26,30)(H,33,34). The van der Waals surface area contributed by atoms with E-state index in [0.717, 1.165) is 5.56 Å². The number of carboxylic acids is 1. The molecule has 0 aromatic heterocycles. The van der Waals surface area contributed by atoms with Crippen LogP contribution >= 0.6 is 0 Å². The second-order valence-corrected chi connectivity index (χ2v) is 8.75. The highest BCUT2D eigenvalue weighted by atomic mass is 16.4. The summed E-state index contributed by atoms with van der Waals surface area (Å²) in [7, 11) is 0. The number of benzene rings is 1. The van der Waals surface area contributed by atoms with Gasteiger partial charge >= 0.3 is 5.97 Å². The second-order valence-electron chi connectivity index (χ2n) is 8.75. The predicted molar refractivity (Wildman–Crippen MR) is 121 cm³/mol. The van der Waals surface area contributed by atoms with Crippen molar-refractivity contribution in [2.45, 2.75) is 62.7 Å². The van der Waals surface area contributed by atoms with Gasteiger partial charge in [-0.2, -0.15) is 0 Å². The van der Waals surface area contributed by atoms with Gasteiger partial charge in [-0.15, -0.1) is 0 Å². The molecule has 4 unspecified atom stereocenters. The predicted octanol–water partition coefficient (Wildman–Crippen LogP) is -1.02. The molecule has 2 aliphatic rings. The Morgan fingerprint density at radius 1 is 1.00 bits per heavy atom. The van der Waals surface area contributed by atoms with Gasteiger partial charge in [0.1, 0.15) is 18.1 Å². The molecule has 34 heavy (non-hydrogen) atoms. The number of likely N-dealkylation sites (tertiary alicyclic amines) is 2. The van der Waals surface area contributed by atoms with Crippen LogP contribution in [-0.4, -0.2) is 81.8 Å². The van der Waals surface area contributed by atoms with E-state index < -0.39 is 48.4 Å². The summed E-state index contributed by atoms with van der Waals surface area (Å²) in [6.07, 6.45) is 1.83. The van der Waals surface area contributed by atoms with Gasteiger partial charge in [0.15, 0.2) is 0 Å². The van der Waals surface area contributed by atoms with E-state index in [-0.39, 0.29) is 11.8 Å². The summed E-state index contributed by atoms with van der Waals surface area (Å²) >= 11 is 0. The van der Waals surface area contributed by atoms with E-state index in [1.54, 1.807) is 0 Å². The van der Waals surface area contributed by atoms with E-state index in [4.69, 9.17) is 11.5 Å². The van der Waals surface area contributed by atoms with Crippen molar-refractivity contribution in [1.82, 2.24) is 15.1 Å². The largest absolute Gasteiger partial charge is 0.480 e. The Morgan fingerprint density at radius 2 is 1.62 bits per heavy atom. The molecule has 184 valence electrons. The molecule has 11 heteroatoms. The number of nitrogens with zero attached hydrogens (tertiary/aromatic N) is 2. The van der Waals surface area contributed by atoms with Crippen molar-refractivity contribution in [3.63, 3.8) is 0 Å². The monoisotopic (exact) mass is 473 g/mol. The first kappa shape index (κ1) is 25.2. The average Bonchev–Trinajstić information content (AvgIpc) is 3.48. The molecule has 1 aromatic rings. The van der Waals surface area contributed by atoms with Crippen LogP contribution in [0.5, 0.6) is 0 Å². The zero-order valence-electron chi connectivity index (χ0n) is 18.9. The lowest BCUT2D eigenvalue weighted by atomic mass is 10.0. The topological polar surface area (TPSA) is 176 Å². The maximum absolute atomic E-state index is 13.4. The normalized spacial score (nSPS) is 21.7. The molecule has 0 aliphatic carbocycles. The number of rotatable bonds is 9. The molecule has 2 heterocycles. The average molecular weight is 474 g/mol. The number of nitrogens with two attached hydrogens (primary N) is 2. The van der Waals surface area contributed by atoms with E-state index >= 15 is 0 Å². The molecule has 3 rings (SSSR count). The van der Waals surface area contributed by atoms with Crippen LogP contribution in [0.4, 0.5) is 0 Å². The molecule has 1 aromatic carbocycles. The van der Waals surface area contributed by atoms with Crippen LogP contribution in [0.3, 0.4) is 0 Å². The minimum Gasteiger partial charge on any atom is -0.480 e. The molecule has 4 atom stereocenters. The minimum absolute atomic E-state index is 0.313. The highest BCUT2D eigenvalue weighted by Crippen LogP contribution is 2.26. The number of amides is 4. The van der Waals surface area contributed by atoms with E-state index in [9.17, 15) is 29.1 Å². The summed E-state index contributed by atoms with van der Waals surface area (Å²) in [6, 6.07) is 5.52. The number of carbonyl (C=O) groups excluding carboxylic acids is 4. The molecule has 11 nitrogen and oxygen atoms in total. The van der Waals surface area contributed by atoms with Gasteiger partial charge in [-0.1, -0.05) is 30.3 Å². The fraction of sp³-hybridized carbons (Fsp3) is 0.522. The van der Waals surface area contributed by atoms with Gasteiger partial charge in [0.25, 0.3) is 0 Å². The van der Waals surface area contributed by atoms with Crippen molar-refractivity contribution in [1.29, 1.82) is 0 Å². The molecule has 2 saturated heterocycles. The molecular weight excluding hydrogens is 442 g/mol. The van der Waals surface area contributed by atoms with Gasteiger partial charge in [0.05, 0.1) is 12.5 Å². The summed E-state index contributed by atoms with van der Waals surface area (Å²) in [5.41, 5.74) is 12.2. The van der Waals surface area contributed by atoms with Crippen molar-refractivity contribution >= 4 is 29.6 Å². The van der Waals surface area contributed by atoms with Gasteiger partial charge in [0, 0.05) is 13.1 Å². The van der Waals surface area contributed by atoms with Crippen LogP contribution in [0.2, 0.25) is 0 Å². The molecule has 4 amide bonds. The number of hydrogen-bond acceptors (Lipinski definition) is 6. The summed E-state index contributed by atoms with van der Waals surface area (Å²) in [6.45, 7) is 0.723. The van der Waals surface area contributed by atoms with Crippen LogP contribution in [0.25, 0.3) is 0 Å². The van der Waals surface area contributed by atoms with Crippen LogP contribution < -0.4 is 16.8 Å². The molecule has 0 spiro atoms. The molecule has 6 N–H and O–H groups in total. The maximum Gasteiger partial charge on any atom is 0.326 e. The zero-order chi connectivity index (χ0) is 24.8. The lowest BCUT2D eigenvalue weighted by Crippen LogP contribution is -2.56. The first-order chi connectivity index (χ1) is 16.2. The number of carboxylic acid groups (broad SMARTS) is 1. The molecule has 0 saturated carbocycles. The van der Waals surface area contributed by atoms with Crippen LogP contribution in [0.1, 0.15) is 37.7 Å². The molecule has 0 radical (unpaired) electrons. The third-order valence-corrected chi connectivity index (χ3v) is 6.29. The van der Waals surface area contributed by atoms with Gasteiger partial charge in [-0.05, 0) is 37.7 Å². The van der Waals surface area contributed by atoms with E-state index in [0.29, 0.717) is 45.2 Å². The first-order valence-electron chi connectivity index (χ1n) is 11.4. The Hall–Kier alpha value is -3.47. The lowest BCUT2D eigenvalue weighted by molar-refractivity contribution is -0.148. The Balaban J connectivity index is 1.66. The van der Waals surface area contributed by atoms with E-state index in [1.807, 2.05) is 30.3 Å². The van der Waals surface area contributed by atoms with Crippen molar-refractivity contribution in [2.75, 3.05) is 13.1 Å². The fourth-order valence-electron chi connectivity index (χ4n) is 4.62. The maximum atomic E-state index is 13.4. The van der Waals surface area contributed by atoms with E-state index in [2.05, 4.69) is 5.32 Å². The van der Waals surface area contributed by atoms with E-state index in [1.165, 1.54) is 9.80 Å². The summed E-state index contributed by atoms with van der Waals surface area (Å²) in [5.74, 6) is -3.57. The van der Waals surface area contributed by atoms with Crippen LogP contribution in [-0.2, 0) is 30.4 Å². The summed E-state index contributed by atoms with van der Waals surface area (Å²) in [4.78, 5) is 64.6. The minimum atomic E-state index is -1.47. The SMILES string of the molecule is NC(=O)CC(NC(=O)C1CCCN1C(=O)C1CCCN1C(=O)C(N)Cc1ccccc1)C(=O)O. The molecule has 2 aliphatic heterocycles. The Kier molecular flexibility index (Phi) is 8.21. The Bertz CT molecular complexity index is 939. The highest BCUT2D eigenvalue weighted by molar-refractivity contribution is 5.95. The second kappa shape index (κ2) is 11.1. The van der Waals surface area contributed by atoms with Crippen molar-refractivity contribution in [3.8, 4) is 0 Å². The Morgan fingerprint density at radius 3 is 2.24 bits per heavy atom. The van der Waals surface area contributed by atoms with Gasteiger partial charge in [-0.25, -0.2) is 4.79 Å². The number of primary amides is 1. The summed E-state index contributed by atoms with van der Waals surface area (Å²) < 4.78 is 0. The molecule has 0 bridgehead atoms. The van der Waals surface area contributed by atoms with Crippen molar-refractivity contribution in [2.24, 2.45) is 11.5 Å². The zero-order valence-corrected chi connectivity index (χ0v) is 18.9. The highest BCUT2D eigenvalue weighted by Gasteiger charge is 2.43. The molecular formula is C23H31N5O6. The smallest absolute Gasteiger partial charge is 0.326 e. The number of aliphatic carboxylic acids is 1. The first-order valence-corrected chi connectivity index (χ1v) is 11.4. The van der Waals surface area contributed by atoms with Crippen LogP contribution in [0.15, 0.2) is 30.3 Å². The summed E-state index contributed by atoms with van der Waals surface area (Å²) in [5, 5.41) is 11.6. The van der Waals surface area contributed by atoms with Crippen LogP contribution in [0, 0.1) is 0 Å². The lowest BCUT2D eigenvalue weighted by Gasteiger charge is -2.32. The third-order valence-electron chi connectivity index (χ3n) is 6.29. The van der Waals surface area contributed by atoms with Gasteiger partial charge in [0.2, 0.25) is 23.6 Å². The number of hydrogen-bond donors (Lipinski definition) is 4. The Labute approximate surface area is 197 Å². The van der Waals surface area contributed by atoms with Gasteiger partial charge < -0.3 is 31.7 Å². The quantitative estimate of drug-likeness (QED) is 0.355. The number of nitrogens with one attached hydrogen (secondary N) is 1. The number of carbonyl (C=O) groups is 5. The van der Waals surface area contributed by atoms with Crippen molar-refractivity contribution < 1.29 is 29.1 Å². The molecule has 2 fully saturated rings. The van der Waals surface area contributed by atoms with Gasteiger partial charge in [-0.3, -0.25) is 19.2 Å². The third kappa shape index (κ3) is 5.90. The van der Waals surface area contributed by atoms with Crippen molar-refractivity contribution in [3.05, 3.63) is 35.9 Å². The fourth-order valence-corrected chi connectivity index (χ4v) is 4.62.